The van der Waals surface area contributed by atoms with E-state index in [-0.39, 0.29) is 34.5 Å². The lowest BCUT2D eigenvalue weighted by Gasteiger charge is -2.17. The van der Waals surface area contributed by atoms with Crippen LogP contribution in [0.25, 0.3) is 0 Å². The second-order valence-electron chi connectivity index (χ2n) is 7.07. The van der Waals surface area contributed by atoms with E-state index in [9.17, 15) is 8.42 Å². The van der Waals surface area contributed by atoms with Crippen LogP contribution in [0.3, 0.4) is 0 Å². The largest absolute Gasteiger partial charge is 0.484 e. The van der Waals surface area contributed by atoms with Crippen LogP contribution in [0.2, 0.25) is 10.0 Å². The lowest BCUT2D eigenvalue weighted by Crippen LogP contribution is -2.08. The normalized spacial score (nSPS) is 11.2. The second kappa shape index (κ2) is 10.3. The molecule has 0 unspecified atom stereocenters. The maximum atomic E-state index is 13.4. The van der Waals surface area contributed by atoms with Crippen molar-refractivity contribution in [3.05, 3.63) is 118 Å². The molecule has 0 fully saturated rings. The minimum absolute atomic E-state index is 0.00693. The highest BCUT2D eigenvalue weighted by Crippen LogP contribution is 2.38. The fourth-order valence-electron chi connectivity index (χ4n) is 3.05. The quantitative estimate of drug-likeness (QED) is 0.276. The topological polar surface area (TPSA) is 52.6 Å². The van der Waals surface area contributed by atoms with E-state index < -0.39 is 9.84 Å². The molecule has 0 aliphatic rings. The van der Waals surface area contributed by atoms with E-state index in [4.69, 9.17) is 32.7 Å². The third kappa shape index (κ3) is 5.69. The Hall–Kier alpha value is -2.99. The zero-order valence-electron chi connectivity index (χ0n) is 17.3. The predicted octanol–water partition coefficient (Wildman–Crippen LogP) is 6.58. The Bertz CT molecular complexity index is 1320. The molecule has 0 aliphatic heterocycles. The van der Waals surface area contributed by atoms with Gasteiger partial charge in [-0.25, -0.2) is 8.42 Å². The van der Waals surface area contributed by atoms with Gasteiger partial charge in [0.25, 0.3) is 0 Å². The molecule has 0 N–H and O–H groups in total. The highest BCUT2D eigenvalue weighted by atomic mass is 35.5. The molecule has 0 bridgehead atoms. The first-order valence-electron chi connectivity index (χ1n) is 9.94. The Morgan fingerprint density at radius 3 is 1.82 bits per heavy atom. The van der Waals surface area contributed by atoms with Crippen LogP contribution in [0.15, 0.2) is 94.7 Å². The minimum atomic E-state index is -3.88. The third-order valence-corrected chi connectivity index (χ3v) is 7.06. The summed E-state index contributed by atoms with van der Waals surface area (Å²) in [6, 6.07) is 29.1. The summed E-state index contributed by atoms with van der Waals surface area (Å²) in [5, 5.41) is 1.22. The van der Waals surface area contributed by atoms with Crippen LogP contribution >= 0.6 is 23.2 Å². The number of sulfone groups is 1. The molecule has 166 valence electrons. The first kappa shape index (κ1) is 23.2. The standard InChI is InChI=1S/C26H18Cl2O4S/c27-21-13-9-19(10-14-21)17-31-24-7-4-8-25(33(29,30)23-5-2-1-3-6-23)26(24)32-18-20-11-15-22(28)16-12-20/h2-6,8-16H,17-18H2. The zero-order chi connectivity index (χ0) is 23.3. The second-order valence-corrected chi connectivity index (χ2v) is 9.86. The Kier molecular flexibility index (Phi) is 7.23. The van der Waals surface area contributed by atoms with Gasteiger partial charge in [0, 0.05) is 16.1 Å². The van der Waals surface area contributed by atoms with Crippen molar-refractivity contribution in [2.24, 2.45) is 0 Å². The lowest BCUT2D eigenvalue weighted by atomic mass is 10.2. The van der Waals surface area contributed by atoms with E-state index in [2.05, 4.69) is 12.1 Å². The first-order chi connectivity index (χ1) is 15.9. The van der Waals surface area contributed by atoms with Crippen LogP contribution in [-0.2, 0) is 23.1 Å². The van der Waals surface area contributed by atoms with E-state index >= 15 is 0 Å². The highest BCUT2D eigenvalue weighted by molar-refractivity contribution is 7.91. The fourth-order valence-corrected chi connectivity index (χ4v) is 4.69. The number of hydrogen-bond acceptors (Lipinski definition) is 4. The molecule has 0 saturated heterocycles. The molecule has 0 atom stereocenters. The molecule has 0 aromatic heterocycles. The maximum Gasteiger partial charge on any atom is 0.210 e. The van der Waals surface area contributed by atoms with E-state index in [1.807, 2.05) is 24.3 Å². The number of rotatable bonds is 8. The highest BCUT2D eigenvalue weighted by Gasteiger charge is 2.25. The summed E-state index contributed by atoms with van der Waals surface area (Å²) in [6.07, 6.45) is 0. The van der Waals surface area contributed by atoms with Crippen LogP contribution < -0.4 is 9.47 Å². The Morgan fingerprint density at radius 2 is 1.24 bits per heavy atom. The number of hydrogen-bond donors (Lipinski definition) is 0. The molecule has 0 spiro atoms. The minimum Gasteiger partial charge on any atom is -0.484 e. The van der Waals surface area contributed by atoms with E-state index in [1.54, 1.807) is 36.4 Å². The summed E-state index contributed by atoms with van der Waals surface area (Å²) >= 11 is 11.9. The summed E-state index contributed by atoms with van der Waals surface area (Å²) in [6.45, 7) is 0.312. The van der Waals surface area contributed by atoms with Gasteiger partial charge in [-0.3, -0.25) is 0 Å². The number of halogens is 2. The molecule has 7 heteroatoms. The van der Waals surface area contributed by atoms with Crippen LogP contribution in [0, 0.1) is 12.1 Å². The maximum absolute atomic E-state index is 13.4. The van der Waals surface area contributed by atoms with Crippen molar-refractivity contribution in [2.45, 2.75) is 23.0 Å². The molecule has 0 heterocycles. The molecule has 2 radical (unpaired) electrons. The van der Waals surface area contributed by atoms with E-state index in [1.165, 1.54) is 24.3 Å². The number of benzene rings is 4. The first-order valence-corrected chi connectivity index (χ1v) is 12.2. The summed E-state index contributed by atoms with van der Waals surface area (Å²) in [7, 11) is -3.88. The summed E-state index contributed by atoms with van der Waals surface area (Å²) in [5.74, 6) is 0.289. The fraction of sp³-hybridized carbons (Fsp3) is 0.0769. The van der Waals surface area contributed by atoms with Crippen LogP contribution in [-0.4, -0.2) is 8.42 Å². The third-order valence-electron chi connectivity index (χ3n) is 4.76. The van der Waals surface area contributed by atoms with Crippen molar-refractivity contribution in [2.75, 3.05) is 0 Å². The summed E-state index contributed by atoms with van der Waals surface area (Å²) < 4.78 is 38.7. The van der Waals surface area contributed by atoms with E-state index in [0.29, 0.717) is 10.0 Å². The van der Waals surface area contributed by atoms with Gasteiger partial charge >= 0.3 is 0 Å². The molecule has 4 aromatic carbocycles. The molecular weight excluding hydrogens is 479 g/mol. The van der Waals surface area contributed by atoms with Crippen LogP contribution in [0.1, 0.15) is 11.1 Å². The molecule has 33 heavy (non-hydrogen) atoms. The van der Waals surface area contributed by atoms with Gasteiger partial charge < -0.3 is 9.47 Å². The SMILES string of the molecule is O=S(=O)(c1cc[c]cc1)c1cc[c]c(OCc2ccc(Cl)cc2)c1OCc1ccc(Cl)cc1. The Labute approximate surface area is 203 Å². The molecule has 4 aromatic rings. The Morgan fingerprint density at radius 1 is 0.697 bits per heavy atom. The zero-order valence-corrected chi connectivity index (χ0v) is 19.6. The molecule has 0 aliphatic carbocycles. The number of ether oxygens (including phenoxy) is 2. The summed E-state index contributed by atoms with van der Waals surface area (Å²) in [4.78, 5) is 0.125. The van der Waals surface area contributed by atoms with E-state index in [0.717, 1.165) is 11.1 Å². The lowest BCUT2D eigenvalue weighted by molar-refractivity contribution is 0.249. The average Bonchev–Trinajstić information content (AvgIpc) is 2.84. The van der Waals surface area contributed by atoms with Crippen molar-refractivity contribution in [1.82, 2.24) is 0 Å². The Balaban J connectivity index is 1.69. The van der Waals surface area contributed by atoms with Gasteiger partial charge in [-0.15, -0.1) is 0 Å². The average molecular weight is 497 g/mol. The van der Waals surface area contributed by atoms with Crippen LogP contribution in [0.4, 0.5) is 0 Å². The van der Waals surface area contributed by atoms with Gasteiger partial charge in [-0.1, -0.05) is 59.6 Å². The molecule has 0 saturated carbocycles. The van der Waals surface area contributed by atoms with Crippen molar-refractivity contribution in [1.29, 1.82) is 0 Å². The van der Waals surface area contributed by atoms with Crippen molar-refractivity contribution < 1.29 is 17.9 Å². The van der Waals surface area contributed by atoms with Crippen molar-refractivity contribution in [3.63, 3.8) is 0 Å². The molecule has 0 amide bonds. The smallest absolute Gasteiger partial charge is 0.210 e. The van der Waals surface area contributed by atoms with Gasteiger partial charge in [0.1, 0.15) is 18.1 Å². The van der Waals surface area contributed by atoms with Crippen LogP contribution in [0.5, 0.6) is 11.5 Å². The van der Waals surface area contributed by atoms with Gasteiger partial charge in [0.2, 0.25) is 9.84 Å². The van der Waals surface area contributed by atoms with Gasteiger partial charge in [-0.2, -0.15) is 0 Å². The van der Waals surface area contributed by atoms with Gasteiger partial charge in [0.15, 0.2) is 11.5 Å². The van der Waals surface area contributed by atoms with Gasteiger partial charge in [0.05, 0.1) is 4.90 Å². The van der Waals surface area contributed by atoms with Crippen molar-refractivity contribution in [3.8, 4) is 11.5 Å². The van der Waals surface area contributed by atoms with Gasteiger partial charge in [-0.05, 0) is 65.7 Å². The predicted molar refractivity (Wildman–Crippen MR) is 128 cm³/mol. The molecule has 4 rings (SSSR count). The molecule has 4 nitrogen and oxygen atoms in total. The monoisotopic (exact) mass is 496 g/mol. The summed E-state index contributed by atoms with van der Waals surface area (Å²) in [5.41, 5.74) is 1.69. The van der Waals surface area contributed by atoms with Crippen molar-refractivity contribution >= 4 is 33.0 Å². The molecular formula is C26H18Cl2O4S.